The molecule has 1 aliphatic heterocycles. The van der Waals surface area contributed by atoms with Crippen molar-refractivity contribution in [2.24, 2.45) is 0 Å². The Balaban J connectivity index is 2.01. The van der Waals surface area contributed by atoms with E-state index in [2.05, 4.69) is 52.2 Å². The van der Waals surface area contributed by atoms with E-state index in [9.17, 15) is 0 Å². The van der Waals surface area contributed by atoms with Crippen LogP contribution in [0.2, 0.25) is 0 Å². The number of fused-ring (bicyclic) bond motifs is 1. The average Bonchev–Trinajstić information content (AvgIpc) is 2.72. The third-order valence-corrected chi connectivity index (χ3v) is 4.62. The number of thiazole rings is 1. The van der Waals surface area contributed by atoms with E-state index in [-0.39, 0.29) is 0 Å². The van der Waals surface area contributed by atoms with Crippen molar-refractivity contribution in [1.82, 2.24) is 9.88 Å². The van der Waals surface area contributed by atoms with Gasteiger partial charge < -0.3 is 4.90 Å². The molecule has 0 amide bonds. The Kier molecular flexibility index (Phi) is 3.03. The minimum absolute atomic E-state index is 1.04. The van der Waals surface area contributed by atoms with Gasteiger partial charge in [0, 0.05) is 17.6 Å². The number of likely N-dealkylation sites (N-methyl/N-ethyl adjacent to an activating group) is 1. The van der Waals surface area contributed by atoms with Gasteiger partial charge in [-0.15, -0.1) is 11.3 Å². The third kappa shape index (κ3) is 2.30. The Bertz CT molecular complexity index is 588. The lowest BCUT2D eigenvalue weighted by molar-refractivity contribution is 0.370. The molecule has 1 aliphatic rings. The minimum atomic E-state index is 1.04. The Morgan fingerprint density at radius 3 is 3.06 bits per heavy atom. The van der Waals surface area contributed by atoms with Crippen LogP contribution in [0.15, 0.2) is 28.7 Å². The highest BCUT2D eigenvalue weighted by Crippen LogP contribution is 2.31. The molecule has 17 heavy (non-hydrogen) atoms. The van der Waals surface area contributed by atoms with Crippen LogP contribution < -0.4 is 0 Å². The molecule has 0 fully saturated rings. The first-order valence-corrected chi connectivity index (χ1v) is 7.27. The Morgan fingerprint density at radius 1 is 1.41 bits per heavy atom. The molecule has 0 aliphatic carbocycles. The molecule has 2 heterocycles. The smallest absolute Gasteiger partial charge is 0.120 e. The summed E-state index contributed by atoms with van der Waals surface area (Å²) in [5.74, 6) is 0. The third-order valence-electron chi connectivity index (χ3n) is 3.04. The zero-order chi connectivity index (χ0) is 11.8. The van der Waals surface area contributed by atoms with E-state index in [1.54, 1.807) is 11.3 Å². The van der Waals surface area contributed by atoms with Gasteiger partial charge in [-0.1, -0.05) is 22.0 Å². The Morgan fingerprint density at radius 2 is 2.29 bits per heavy atom. The molecule has 0 atom stereocenters. The van der Waals surface area contributed by atoms with E-state index in [1.165, 1.54) is 15.3 Å². The number of hydrogen-bond acceptors (Lipinski definition) is 3. The standard InChI is InChI=1S/C13H13BrN2S/c1-16-6-4-9(5-7-16)13-15-11-3-2-10(14)8-12(11)17-13/h2-4,8H,5-7H2,1H3. The maximum atomic E-state index is 4.71. The van der Waals surface area contributed by atoms with E-state index >= 15 is 0 Å². The van der Waals surface area contributed by atoms with E-state index in [0.717, 1.165) is 29.5 Å². The summed E-state index contributed by atoms with van der Waals surface area (Å²) in [6.45, 7) is 2.17. The molecule has 0 bridgehead atoms. The molecular weight excluding hydrogens is 296 g/mol. The number of benzene rings is 1. The Labute approximate surface area is 113 Å². The monoisotopic (exact) mass is 308 g/mol. The maximum absolute atomic E-state index is 4.71. The first-order chi connectivity index (χ1) is 8.22. The summed E-state index contributed by atoms with van der Waals surface area (Å²) in [6.07, 6.45) is 3.41. The topological polar surface area (TPSA) is 16.1 Å². The van der Waals surface area contributed by atoms with Crippen LogP contribution in [0.25, 0.3) is 15.8 Å². The molecule has 0 saturated heterocycles. The number of hydrogen-bond donors (Lipinski definition) is 0. The molecule has 0 N–H and O–H groups in total. The number of rotatable bonds is 1. The van der Waals surface area contributed by atoms with Crippen molar-refractivity contribution < 1.29 is 0 Å². The second-order valence-corrected chi connectivity index (χ2v) is 6.32. The Hall–Kier alpha value is -0.710. The first-order valence-electron chi connectivity index (χ1n) is 5.66. The van der Waals surface area contributed by atoms with Crippen LogP contribution >= 0.6 is 27.3 Å². The predicted octanol–water partition coefficient (Wildman–Crippen LogP) is 3.78. The van der Waals surface area contributed by atoms with Gasteiger partial charge in [0.05, 0.1) is 10.2 Å². The number of aromatic nitrogens is 1. The largest absolute Gasteiger partial charge is 0.302 e. The fourth-order valence-corrected chi connectivity index (χ4v) is 3.59. The van der Waals surface area contributed by atoms with E-state index in [1.807, 2.05) is 0 Å². The molecular formula is C13H13BrN2S. The van der Waals surface area contributed by atoms with Crippen LogP contribution in [0.1, 0.15) is 11.4 Å². The second-order valence-electron chi connectivity index (χ2n) is 4.37. The predicted molar refractivity (Wildman–Crippen MR) is 77.4 cm³/mol. The van der Waals surface area contributed by atoms with Gasteiger partial charge in [0.15, 0.2) is 0 Å². The average molecular weight is 309 g/mol. The molecule has 0 saturated carbocycles. The molecule has 2 aromatic rings. The van der Waals surface area contributed by atoms with Crippen molar-refractivity contribution in [3.63, 3.8) is 0 Å². The minimum Gasteiger partial charge on any atom is -0.302 e. The summed E-state index contributed by atoms with van der Waals surface area (Å²) < 4.78 is 2.38. The van der Waals surface area contributed by atoms with Crippen molar-refractivity contribution >= 4 is 43.1 Å². The SMILES string of the molecule is CN1CC=C(c2nc3ccc(Br)cc3s2)CC1. The quantitative estimate of drug-likeness (QED) is 0.797. The van der Waals surface area contributed by atoms with E-state index in [0.29, 0.717) is 0 Å². The molecule has 1 aromatic carbocycles. The second kappa shape index (κ2) is 4.52. The van der Waals surface area contributed by atoms with Crippen molar-refractivity contribution in [3.8, 4) is 0 Å². The van der Waals surface area contributed by atoms with E-state index in [4.69, 9.17) is 4.98 Å². The summed E-state index contributed by atoms with van der Waals surface area (Å²) >= 11 is 5.29. The zero-order valence-corrected chi connectivity index (χ0v) is 12.0. The lowest BCUT2D eigenvalue weighted by Gasteiger charge is -2.20. The van der Waals surface area contributed by atoms with Gasteiger partial charge in [-0.25, -0.2) is 4.98 Å². The lowest BCUT2D eigenvalue weighted by Crippen LogP contribution is -2.23. The fraction of sp³-hybridized carbons (Fsp3) is 0.308. The van der Waals surface area contributed by atoms with Crippen LogP contribution in [-0.4, -0.2) is 30.0 Å². The highest BCUT2D eigenvalue weighted by Gasteiger charge is 2.13. The summed E-state index contributed by atoms with van der Waals surface area (Å²) in [5, 5.41) is 1.19. The van der Waals surface area contributed by atoms with Crippen molar-refractivity contribution in [1.29, 1.82) is 0 Å². The van der Waals surface area contributed by atoms with Crippen LogP contribution in [-0.2, 0) is 0 Å². The summed E-state index contributed by atoms with van der Waals surface area (Å²) in [7, 11) is 2.16. The molecule has 0 unspecified atom stereocenters. The highest BCUT2D eigenvalue weighted by molar-refractivity contribution is 9.10. The van der Waals surface area contributed by atoms with Gasteiger partial charge in [0.1, 0.15) is 5.01 Å². The van der Waals surface area contributed by atoms with Gasteiger partial charge in [-0.2, -0.15) is 0 Å². The molecule has 0 spiro atoms. The van der Waals surface area contributed by atoms with Crippen molar-refractivity contribution in [2.75, 3.05) is 20.1 Å². The molecule has 2 nitrogen and oxygen atoms in total. The van der Waals surface area contributed by atoms with Crippen LogP contribution in [0, 0.1) is 0 Å². The summed E-state index contributed by atoms with van der Waals surface area (Å²) in [4.78, 5) is 7.04. The number of halogens is 1. The van der Waals surface area contributed by atoms with Gasteiger partial charge in [-0.05, 0) is 37.2 Å². The number of nitrogens with zero attached hydrogens (tertiary/aromatic N) is 2. The summed E-state index contributed by atoms with van der Waals surface area (Å²) in [6, 6.07) is 6.27. The summed E-state index contributed by atoms with van der Waals surface area (Å²) in [5.41, 5.74) is 2.51. The van der Waals surface area contributed by atoms with Gasteiger partial charge >= 0.3 is 0 Å². The first kappa shape index (κ1) is 11.4. The van der Waals surface area contributed by atoms with Crippen molar-refractivity contribution in [2.45, 2.75) is 6.42 Å². The van der Waals surface area contributed by atoms with Crippen LogP contribution in [0.4, 0.5) is 0 Å². The van der Waals surface area contributed by atoms with Gasteiger partial charge in [-0.3, -0.25) is 0 Å². The van der Waals surface area contributed by atoms with Crippen molar-refractivity contribution in [3.05, 3.63) is 33.8 Å². The molecule has 3 rings (SSSR count). The normalized spacial score (nSPS) is 17.4. The van der Waals surface area contributed by atoms with Crippen LogP contribution in [0.5, 0.6) is 0 Å². The fourth-order valence-electron chi connectivity index (χ4n) is 2.00. The lowest BCUT2D eigenvalue weighted by atomic mass is 10.1. The molecule has 0 radical (unpaired) electrons. The highest BCUT2D eigenvalue weighted by atomic mass is 79.9. The van der Waals surface area contributed by atoms with Gasteiger partial charge in [0.2, 0.25) is 0 Å². The molecule has 88 valence electrons. The van der Waals surface area contributed by atoms with Crippen LogP contribution in [0.3, 0.4) is 0 Å². The van der Waals surface area contributed by atoms with E-state index < -0.39 is 0 Å². The maximum Gasteiger partial charge on any atom is 0.120 e. The van der Waals surface area contributed by atoms with Gasteiger partial charge in [0.25, 0.3) is 0 Å². The molecule has 4 heteroatoms. The molecule has 1 aromatic heterocycles. The zero-order valence-electron chi connectivity index (χ0n) is 9.61.